The molecule has 108 valence electrons. The van der Waals surface area contributed by atoms with E-state index in [0.29, 0.717) is 5.01 Å². The molecule has 4 atom stereocenters. The van der Waals surface area contributed by atoms with Gasteiger partial charge < -0.3 is 25.4 Å². The number of hydrogen-bond donors (Lipinski definition) is 4. The van der Waals surface area contributed by atoms with E-state index in [0.717, 1.165) is 11.3 Å². The first-order chi connectivity index (χ1) is 9.58. The number of thiazole rings is 1. The van der Waals surface area contributed by atoms with Gasteiger partial charge in [-0.2, -0.15) is 0 Å². The Kier molecular flexibility index (Phi) is 4.69. The Balaban J connectivity index is 2.10. The number of aliphatic hydroxyl groups is 3. The highest BCUT2D eigenvalue weighted by atomic mass is 32.1. The summed E-state index contributed by atoms with van der Waals surface area (Å²) in [4.78, 5) is 15.7. The van der Waals surface area contributed by atoms with Gasteiger partial charge in [-0.25, -0.2) is 4.98 Å². The maximum absolute atomic E-state index is 11.6. The fourth-order valence-electron chi connectivity index (χ4n) is 1.85. The fourth-order valence-corrected chi connectivity index (χ4v) is 2.72. The van der Waals surface area contributed by atoms with Crippen LogP contribution in [0.5, 0.6) is 0 Å². The van der Waals surface area contributed by atoms with Crippen molar-refractivity contribution in [3.05, 3.63) is 16.1 Å². The van der Waals surface area contributed by atoms with Crippen molar-refractivity contribution < 1.29 is 24.9 Å². The van der Waals surface area contributed by atoms with Crippen molar-refractivity contribution in [1.29, 1.82) is 0 Å². The molecule has 1 aromatic rings. The van der Waals surface area contributed by atoms with Crippen LogP contribution in [0.3, 0.4) is 0 Å². The molecule has 0 spiro atoms. The molecule has 1 fully saturated rings. The van der Waals surface area contributed by atoms with Gasteiger partial charge in [-0.15, -0.1) is 17.8 Å². The van der Waals surface area contributed by atoms with Gasteiger partial charge in [0.1, 0.15) is 35.1 Å². The summed E-state index contributed by atoms with van der Waals surface area (Å²) in [5.74, 6) is 1.86. The lowest BCUT2D eigenvalue weighted by molar-refractivity contribution is -0.0228. The number of nitrogens with zero attached hydrogens (tertiary/aromatic N) is 1. The normalized spacial score (nSPS) is 29.1. The zero-order valence-electron chi connectivity index (χ0n) is 10.4. The summed E-state index contributed by atoms with van der Waals surface area (Å²) < 4.78 is 5.33. The smallest absolute Gasteiger partial charge is 0.271 e. The van der Waals surface area contributed by atoms with Crippen LogP contribution in [0, 0.1) is 12.3 Å². The highest BCUT2D eigenvalue weighted by Gasteiger charge is 2.44. The SMILES string of the molecule is C#CCNC(=O)c1csc([C@@H]2O[C@H](CO)[C@@H](O)[C@H]2O)n1. The Morgan fingerprint density at radius 2 is 2.30 bits per heavy atom. The van der Waals surface area contributed by atoms with E-state index in [1.165, 1.54) is 5.38 Å². The molecule has 1 saturated heterocycles. The summed E-state index contributed by atoms with van der Waals surface area (Å²) >= 11 is 1.13. The summed E-state index contributed by atoms with van der Waals surface area (Å²) in [5, 5.41) is 32.9. The highest BCUT2D eigenvalue weighted by Crippen LogP contribution is 2.34. The molecule has 0 saturated carbocycles. The van der Waals surface area contributed by atoms with Gasteiger partial charge in [0.25, 0.3) is 5.91 Å². The van der Waals surface area contributed by atoms with Gasteiger partial charge in [0, 0.05) is 5.38 Å². The van der Waals surface area contributed by atoms with E-state index in [1.54, 1.807) is 0 Å². The Morgan fingerprint density at radius 3 is 2.90 bits per heavy atom. The Hall–Kier alpha value is -1.50. The van der Waals surface area contributed by atoms with Crippen LogP contribution >= 0.6 is 11.3 Å². The number of carbonyl (C=O) groups is 1. The molecule has 4 N–H and O–H groups in total. The van der Waals surface area contributed by atoms with Crippen molar-refractivity contribution >= 4 is 17.2 Å². The third-order valence-corrected chi connectivity index (χ3v) is 3.80. The second-order valence-corrected chi connectivity index (χ2v) is 5.11. The van der Waals surface area contributed by atoms with Gasteiger partial charge in [-0.05, 0) is 0 Å². The van der Waals surface area contributed by atoms with Crippen LogP contribution in [0.2, 0.25) is 0 Å². The van der Waals surface area contributed by atoms with Crippen LogP contribution < -0.4 is 5.32 Å². The molecule has 0 unspecified atom stereocenters. The van der Waals surface area contributed by atoms with Crippen LogP contribution in [-0.4, -0.2) is 57.7 Å². The van der Waals surface area contributed by atoms with Crippen LogP contribution in [0.4, 0.5) is 0 Å². The van der Waals surface area contributed by atoms with Crippen LogP contribution in [0.15, 0.2) is 5.38 Å². The minimum atomic E-state index is -1.19. The minimum absolute atomic E-state index is 0.0968. The molecule has 2 heterocycles. The van der Waals surface area contributed by atoms with E-state index in [-0.39, 0.29) is 12.2 Å². The number of terminal acetylenes is 1. The number of rotatable bonds is 4. The number of aliphatic hydroxyl groups excluding tert-OH is 3. The molecule has 0 radical (unpaired) electrons. The molecule has 1 aliphatic heterocycles. The van der Waals surface area contributed by atoms with Gasteiger partial charge in [0.05, 0.1) is 13.2 Å². The van der Waals surface area contributed by atoms with E-state index >= 15 is 0 Å². The number of hydrogen-bond acceptors (Lipinski definition) is 7. The number of ether oxygens (including phenoxy) is 1. The minimum Gasteiger partial charge on any atom is -0.394 e. The van der Waals surface area contributed by atoms with Crippen molar-refractivity contribution in [3.8, 4) is 12.3 Å². The lowest BCUT2D eigenvalue weighted by Crippen LogP contribution is -2.32. The van der Waals surface area contributed by atoms with Crippen molar-refractivity contribution in [2.75, 3.05) is 13.2 Å². The Bertz CT molecular complexity index is 526. The predicted molar refractivity (Wildman–Crippen MR) is 70.0 cm³/mol. The van der Waals surface area contributed by atoms with Gasteiger partial charge in [-0.1, -0.05) is 5.92 Å². The number of amides is 1. The molecule has 0 aliphatic carbocycles. The summed E-state index contributed by atoms with van der Waals surface area (Å²) in [6, 6.07) is 0. The van der Waals surface area contributed by atoms with Crippen LogP contribution in [0.25, 0.3) is 0 Å². The van der Waals surface area contributed by atoms with Crippen molar-refractivity contribution in [1.82, 2.24) is 10.3 Å². The topological polar surface area (TPSA) is 112 Å². The average molecular weight is 298 g/mol. The quantitative estimate of drug-likeness (QED) is 0.512. The Morgan fingerprint density at radius 1 is 1.55 bits per heavy atom. The third-order valence-electron chi connectivity index (χ3n) is 2.89. The number of aromatic nitrogens is 1. The average Bonchev–Trinajstić information content (AvgIpc) is 3.03. The lowest BCUT2D eigenvalue weighted by Gasteiger charge is -2.11. The van der Waals surface area contributed by atoms with Crippen LogP contribution in [0.1, 0.15) is 21.6 Å². The molecular formula is C12H14N2O5S. The fraction of sp³-hybridized carbons (Fsp3) is 0.500. The zero-order chi connectivity index (χ0) is 14.7. The molecule has 2 rings (SSSR count). The van der Waals surface area contributed by atoms with E-state index in [2.05, 4.69) is 16.2 Å². The maximum atomic E-state index is 11.6. The van der Waals surface area contributed by atoms with E-state index in [1.807, 2.05) is 0 Å². The number of nitrogens with one attached hydrogen (secondary N) is 1. The second-order valence-electron chi connectivity index (χ2n) is 4.22. The third kappa shape index (κ3) is 2.82. The molecule has 1 aromatic heterocycles. The molecule has 7 nitrogen and oxygen atoms in total. The highest BCUT2D eigenvalue weighted by molar-refractivity contribution is 7.09. The van der Waals surface area contributed by atoms with E-state index in [9.17, 15) is 15.0 Å². The molecule has 1 amide bonds. The molecule has 0 aromatic carbocycles. The Labute approximate surface area is 119 Å². The zero-order valence-corrected chi connectivity index (χ0v) is 11.2. The van der Waals surface area contributed by atoms with E-state index < -0.39 is 36.9 Å². The first kappa shape index (κ1) is 14.9. The van der Waals surface area contributed by atoms with Gasteiger partial charge >= 0.3 is 0 Å². The summed E-state index contributed by atoms with van der Waals surface area (Å²) in [6.07, 6.45) is 0.932. The standard InChI is InChI=1S/C12H14N2O5S/c1-2-3-13-11(18)6-5-20-12(14-6)10-9(17)8(16)7(4-15)19-10/h1,5,7-10,15-17H,3-4H2,(H,13,18)/t7-,8-,9-,10-/m1/s1. The number of carbonyl (C=O) groups excluding carboxylic acids is 1. The molecule has 8 heteroatoms. The molecule has 0 bridgehead atoms. The van der Waals surface area contributed by atoms with Crippen molar-refractivity contribution in [3.63, 3.8) is 0 Å². The summed E-state index contributed by atoms with van der Waals surface area (Å²) in [7, 11) is 0. The van der Waals surface area contributed by atoms with Crippen molar-refractivity contribution in [2.45, 2.75) is 24.4 Å². The van der Waals surface area contributed by atoms with Gasteiger partial charge in [0.2, 0.25) is 0 Å². The molecule has 20 heavy (non-hydrogen) atoms. The molecule has 1 aliphatic rings. The maximum Gasteiger partial charge on any atom is 0.271 e. The van der Waals surface area contributed by atoms with Crippen LogP contribution in [-0.2, 0) is 4.74 Å². The lowest BCUT2D eigenvalue weighted by atomic mass is 10.1. The largest absolute Gasteiger partial charge is 0.394 e. The van der Waals surface area contributed by atoms with Crippen molar-refractivity contribution in [2.24, 2.45) is 0 Å². The van der Waals surface area contributed by atoms with Gasteiger partial charge in [-0.3, -0.25) is 4.79 Å². The van der Waals surface area contributed by atoms with E-state index in [4.69, 9.17) is 16.3 Å². The molecular weight excluding hydrogens is 284 g/mol. The second kappa shape index (κ2) is 6.30. The summed E-state index contributed by atoms with van der Waals surface area (Å²) in [5.41, 5.74) is 0.165. The first-order valence-electron chi connectivity index (χ1n) is 5.88. The summed E-state index contributed by atoms with van der Waals surface area (Å²) in [6.45, 7) is -0.310. The first-order valence-corrected chi connectivity index (χ1v) is 6.76. The predicted octanol–water partition coefficient (Wildman–Crippen LogP) is -1.34. The van der Waals surface area contributed by atoms with Gasteiger partial charge in [0.15, 0.2) is 0 Å². The monoisotopic (exact) mass is 298 g/mol.